The van der Waals surface area contributed by atoms with Crippen LogP contribution in [0.3, 0.4) is 0 Å². The molecule has 0 aliphatic carbocycles. The number of aromatic nitrogens is 2. The largest absolute Gasteiger partial charge is 0.507 e. The molecule has 214 valence electrons. The van der Waals surface area contributed by atoms with Crippen molar-refractivity contribution in [2.45, 2.75) is 32.2 Å². The average Bonchev–Trinajstić information content (AvgIpc) is 3.43. The van der Waals surface area contributed by atoms with Crippen LogP contribution in [-0.2, 0) is 19.2 Å². The molecular formula is C32H26F3N3O4. The van der Waals surface area contributed by atoms with Crippen LogP contribution in [0.1, 0.15) is 44.8 Å². The second-order valence-electron chi connectivity index (χ2n) is 9.64. The van der Waals surface area contributed by atoms with E-state index in [0.29, 0.717) is 35.7 Å². The summed E-state index contributed by atoms with van der Waals surface area (Å²) in [5, 5.41) is 17.2. The van der Waals surface area contributed by atoms with Gasteiger partial charge >= 0.3 is 6.18 Å². The number of amides is 1. The smallest absolute Gasteiger partial charge is 0.416 e. The molecule has 10 heteroatoms. The predicted octanol–water partition coefficient (Wildman–Crippen LogP) is 7.06. The number of nitrogens with one attached hydrogen (secondary N) is 1. The first-order valence-corrected chi connectivity index (χ1v) is 13.0. The quantitative estimate of drug-likeness (QED) is 0.196. The van der Waals surface area contributed by atoms with Crippen molar-refractivity contribution in [2.24, 2.45) is 0 Å². The normalized spacial score (nSPS) is 12.1. The second-order valence-corrected chi connectivity index (χ2v) is 9.64. The van der Waals surface area contributed by atoms with E-state index >= 15 is 0 Å². The Morgan fingerprint density at radius 2 is 1.62 bits per heavy atom. The van der Waals surface area contributed by atoms with Gasteiger partial charge in [0.25, 0.3) is 5.91 Å². The second kappa shape index (κ2) is 12.2. The van der Waals surface area contributed by atoms with Crippen LogP contribution >= 0.6 is 0 Å². The molecule has 4 aromatic carbocycles. The van der Waals surface area contributed by atoms with Gasteiger partial charge < -0.3 is 19.7 Å². The zero-order valence-corrected chi connectivity index (χ0v) is 22.4. The van der Waals surface area contributed by atoms with E-state index in [0.717, 1.165) is 23.3 Å². The van der Waals surface area contributed by atoms with Gasteiger partial charge in [-0.3, -0.25) is 4.79 Å². The number of halogens is 3. The predicted molar refractivity (Wildman–Crippen MR) is 149 cm³/mol. The summed E-state index contributed by atoms with van der Waals surface area (Å²) in [5.41, 5.74) is 1.97. The number of phenols is 1. The van der Waals surface area contributed by atoms with Crippen LogP contribution < -0.4 is 10.1 Å². The van der Waals surface area contributed by atoms with Gasteiger partial charge in [-0.15, -0.1) is 0 Å². The number of hydrogen-bond acceptors (Lipinski definition) is 6. The zero-order valence-electron chi connectivity index (χ0n) is 22.4. The van der Waals surface area contributed by atoms with E-state index in [1.54, 1.807) is 6.92 Å². The Hall–Kier alpha value is -5.12. The van der Waals surface area contributed by atoms with Crippen molar-refractivity contribution in [2.75, 3.05) is 0 Å². The molecule has 0 spiro atoms. The fraction of sp³-hybridized carbons (Fsp3) is 0.156. The maximum atomic E-state index is 13.4. The molecule has 1 amide bonds. The Bertz CT molecular complexity index is 1650. The lowest BCUT2D eigenvalue weighted by Gasteiger charge is -2.17. The number of carbonyl (C=O) groups is 1. The molecule has 2 N–H and O–H groups in total. The van der Waals surface area contributed by atoms with E-state index in [1.807, 2.05) is 54.6 Å². The number of carbonyl (C=O) groups excluding carboxylic acids is 1. The van der Waals surface area contributed by atoms with Gasteiger partial charge in [0.15, 0.2) is 5.82 Å². The Balaban J connectivity index is 1.32. The van der Waals surface area contributed by atoms with E-state index in [4.69, 9.17) is 9.26 Å². The van der Waals surface area contributed by atoms with Gasteiger partial charge in [-0.2, -0.15) is 18.2 Å². The van der Waals surface area contributed by atoms with Gasteiger partial charge in [-0.1, -0.05) is 65.8 Å². The van der Waals surface area contributed by atoms with Crippen molar-refractivity contribution in [1.82, 2.24) is 15.5 Å². The SMILES string of the molecule is Cc1noc([C@H](Cc2ccc(OCc3ccccc3)cc2)NC(=O)c2cc(-c3ccc(C(F)(F)F)cc3)ccc2O)n1. The van der Waals surface area contributed by atoms with Crippen molar-refractivity contribution < 1.29 is 32.3 Å². The van der Waals surface area contributed by atoms with E-state index in [-0.39, 0.29) is 17.2 Å². The Morgan fingerprint density at radius 3 is 2.26 bits per heavy atom. The molecule has 0 saturated heterocycles. The van der Waals surface area contributed by atoms with Crippen LogP contribution in [0, 0.1) is 6.92 Å². The van der Waals surface area contributed by atoms with Crippen LogP contribution in [0.5, 0.6) is 11.5 Å². The van der Waals surface area contributed by atoms with Gasteiger partial charge in [-0.25, -0.2) is 0 Å². The molecule has 5 rings (SSSR count). The highest BCUT2D eigenvalue weighted by atomic mass is 19.4. The number of phenolic OH excluding ortho intramolecular Hbond substituents is 1. The maximum Gasteiger partial charge on any atom is 0.416 e. The summed E-state index contributed by atoms with van der Waals surface area (Å²) >= 11 is 0. The molecule has 0 aliphatic heterocycles. The van der Waals surface area contributed by atoms with E-state index in [2.05, 4.69) is 15.5 Å². The highest BCUT2D eigenvalue weighted by Gasteiger charge is 2.30. The lowest BCUT2D eigenvalue weighted by Crippen LogP contribution is -2.30. The molecule has 7 nitrogen and oxygen atoms in total. The Morgan fingerprint density at radius 1 is 0.929 bits per heavy atom. The summed E-state index contributed by atoms with van der Waals surface area (Å²) in [6.45, 7) is 2.08. The minimum Gasteiger partial charge on any atom is -0.507 e. The average molecular weight is 574 g/mol. The topological polar surface area (TPSA) is 97.5 Å². The van der Waals surface area contributed by atoms with Crippen molar-refractivity contribution in [1.29, 1.82) is 0 Å². The molecule has 0 fully saturated rings. The highest BCUT2D eigenvalue weighted by Crippen LogP contribution is 2.32. The van der Waals surface area contributed by atoms with Crippen molar-refractivity contribution >= 4 is 5.91 Å². The number of ether oxygens (including phenoxy) is 1. The summed E-state index contributed by atoms with van der Waals surface area (Å²) in [6, 6.07) is 25.3. The molecule has 1 atom stereocenters. The fourth-order valence-electron chi connectivity index (χ4n) is 4.34. The van der Waals surface area contributed by atoms with E-state index in [1.165, 1.54) is 30.3 Å². The Labute approximate surface area is 239 Å². The van der Waals surface area contributed by atoms with Crippen LogP contribution in [0.25, 0.3) is 11.1 Å². The molecule has 0 radical (unpaired) electrons. The fourth-order valence-corrected chi connectivity index (χ4v) is 4.34. The summed E-state index contributed by atoms with van der Waals surface area (Å²) in [6.07, 6.45) is -4.16. The lowest BCUT2D eigenvalue weighted by atomic mass is 10.00. The molecule has 42 heavy (non-hydrogen) atoms. The summed E-state index contributed by atoms with van der Waals surface area (Å²) in [5.74, 6) is 0.347. The number of rotatable bonds is 9. The maximum absolute atomic E-state index is 13.4. The standard InChI is InChI=1S/C32H26F3N3O4/c1-20-36-31(42-38-20)28(17-21-7-14-26(15-8-21)41-19-22-5-3-2-4-6-22)37-30(40)27-18-24(11-16-29(27)39)23-9-12-25(13-10-23)32(33,34)35/h2-16,18,28,39H,17,19H2,1H3,(H,37,40)/t28-/m0/s1. The van der Waals surface area contributed by atoms with Crippen LogP contribution in [0.15, 0.2) is 102 Å². The minimum absolute atomic E-state index is 0.0571. The highest BCUT2D eigenvalue weighted by molar-refractivity contribution is 5.98. The number of alkyl halides is 3. The number of aryl methyl sites for hydroxylation is 1. The van der Waals surface area contributed by atoms with E-state index in [9.17, 15) is 23.1 Å². The zero-order chi connectivity index (χ0) is 29.7. The van der Waals surface area contributed by atoms with Crippen molar-refractivity contribution in [3.8, 4) is 22.6 Å². The van der Waals surface area contributed by atoms with E-state index < -0.39 is 23.7 Å². The minimum atomic E-state index is -4.46. The van der Waals surface area contributed by atoms with Gasteiger partial charge in [0.1, 0.15) is 24.1 Å². The first kappa shape index (κ1) is 28.4. The molecule has 0 aliphatic rings. The van der Waals surface area contributed by atoms with Gasteiger partial charge in [0, 0.05) is 6.42 Å². The number of benzene rings is 4. The van der Waals surface area contributed by atoms with Crippen LogP contribution in [0.4, 0.5) is 13.2 Å². The van der Waals surface area contributed by atoms with Gasteiger partial charge in [0.2, 0.25) is 5.89 Å². The molecule has 5 aromatic rings. The number of aromatic hydroxyl groups is 1. The van der Waals surface area contributed by atoms with Crippen molar-refractivity contribution in [3.63, 3.8) is 0 Å². The summed E-state index contributed by atoms with van der Waals surface area (Å²) in [4.78, 5) is 17.6. The summed E-state index contributed by atoms with van der Waals surface area (Å²) in [7, 11) is 0. The Kier molecular flexibility index (Phi) is 8.24. The lowest BCUT2D eigenvalue weighted by molar-refractivity contribution is -0.137. The number of nitrogens with zero attached hydrogens (tertiary/aromatic N) is 2. The molecule has 0 unspecified atom stereocenters. The third-order valence-electron chi connectivity index (χ3n) is 6.54. The summed E-state index contributed by atoms with van der Waals surface area (Å²) < 4.78 is 50.1. The molecule has 1 aromatic heterocycles. The monoisotopic (exact) mass is 573 g/mol. The first-order chi connectivity index (χ1) is 20.2. The molecule has 0 saturated carbocycles. The van der Waals surface area contributed by atoms with Crippen molar-refractivity contribution in [3.05, 3.63) is 131 Å². The van der Waals surface area contributed by atoms with Crippen LogP contribution in [-0.4, -0.2) is 21.2 Å². The van der Waals surface area contributed by atoms with Gasteiger partial charge in [0.05, 0.1) is 11.1 Å². The third kappa shape index (κ3) is 6.95. The van der Waals surface area contributed by atoms with Gasteiger partial charge in [-0.05, 0) is 65.6 Å². The molecule has 1 heterocycles. The third-order valence-corrected chi connectivity index (χ3v) is 6.54. The molecule has 0 bridgehead atoms. The molecular weight excluding hydrogens is 547 g/mol. The number of hydrogen-bond donors (Lipinski definition) is 2. The van der Waals surface area contributed by atoms with Crippen LogP contribution in [0.2, 0.25) is 0 Å². The first-order valence-electron chi connectivity index (χ1n) is 13.0.